The van der Waals surface area contributed by atoms with Crippen LogP contribution in [0, 0.1) is 13.8 Å². The van der Waals surface area contributed by atoms with Crippen LogP contribution in [0.3, 0.4) is 0 Å². The van der Waals surface area contributed by atoms with E-state index in [9.17, 15) is 9.59 Å². The van der Waals surface area contributed by atoms with E-state index in [0.29, 0.717) is 0 Å². The van der Waals surface area contributed by atoms with Crippen LogP contribution >= 0.6 is 0 Å². The van der Waals surface area contributed by atoms with Crippen LogP contribution < -0.4 is 5.32 Å². The number of carbonyl (C=O) groups is 2. The van der Waals surface area contributed by atoms with Crippen LogP contribution in [-0.2, 0) is 9.53 Å². The Balaban J connectivity index is 2.94. The highest BCUT2D eigenvalue weighted by Crippen LogP contribution is 2.23. The average molecular weight is 277 g/mol. The molecule has 20 heavy (non-hydrogen) atoms. The van der Waals surface area contributed by atoms with Crippen molar-refractivity contribution in [2.45, 2.75) is 26.3 Å². The summed E-state index contributed by atoms with van der Waals surface area (Å²) in [7, 11) is 0. The highest BCUT2D eigenvalue weighted by Gasteiger charge is 2.20. The zero-order valence-corrected chi connectivity index (χ0v) is 11.7. The predicted molar refractivity (Wildman–Crippen MR) is 75.6 cm³/mol. The van der Waals surface area contributed by atoms with Crippen molar-refractivity contribution in [1.82, 2.24) is 5.32 Å². The van der Waals surface area contributed by atoms with Gasteiger partial charge in [-0.3, -0.25) is 4.79 Å². The number of hydrogen-bond donors (Lipinski definition) is 2. The van der Waals surface area contributed by atoms with E-state index in [4.69, 9.17) is 9.84 Å². The lowest BCUT2D eigenvalue weighted by Crippen LogP contribution is -2.31. The number of carboxylic acids is 1. The third-order valence-corrected chi connectivity index (χ3v) is 3.03. The fraction of sp³-hybridized carbons (Fsp3) is 0.333. The highest BCUT2D eigenvalue weighted by molar-refractivity contribution is 5.72. The summed E-state index contributed by atoms with van der Waals surface area (Å²) in [6, 6.07) is 4.96. The van der Waals surface area contributed by atoms with Crippen LogP contribution in [0.15, 0.2) is 30.9 Å². The molecule has 0 unspecified atom stereocenters. The second-order valence-corrected chi connectivity index (χ2v) is 4.47. The number of aliphatic carboxylic acids is 1. The number of nitrogens with one attached hydrogen (secondary N) is 1. The van der Waals surface area contributed by atoms with Crippen LogP contribution in [-0.4, -0.2) is 23.8 Å². The smallest absolute Gasteiger partial charge is 0.407 e. The largest absolute Gasteiger partial charge is 0.481 e. The number of carboxylic acid groups (broad SMARTS) is 1. The lowest BCUT2D eigenvalue weighted by molar-refractivity contribution is -0.137. The van der Waals surface area contributed by atoms with Crippen LogP contribution in [0.2, 0.25) is 0 Å². The molecule has 0 aliphatic carbocycles. The van der Waals surface area contributed by atoms with Crippen molar-refractivity contribution in [3.8, 4) is 0 Å². The summed E-state index contributed by atoms with van der Waals surface area (Å²) in [6.07, 6.45) is 0.592. The van der Waals surface area contributed by atoms with Crippen molar-refractivity contribution in [3.63, 3.8) is 0 Å². The van der Waals surface area contributed by atoms with Gasteiger partial charge in [0, 0.05) is 0 Å². The van der Waals surface area contributed by atoms with E-state index in [1.54, 1.807) is 0 Å². The molecule has 0 saturated carbocycles. The molecule has 5 heteroatoms. The van der Waals surface area contributed by atoms with Crippen molar-refractivity contribution in [2.24, 2.45) is 0 Å². The first-order chi connectivity index (χ1) is 9.45. The molecule has 0 aliphatic heterocycles. The Morgan fingerprint density at radius 1 is 1.45 bits per heavy atom. The van der Waals surface area contributed by atoms with E-state index in [1.165, 1.54) is 6.08 Å². The van der Waals surface area contributed by atoms with Gasteiger partial charge < -0.3 is 15.2 Å². The minimum absolute atomic E-state index is 0.0818. The van der Waals surface area contributed by atoms with E-state index in [0.717, 1.165) is 16.7 Å². The first-order valence-electron chi connectivity index (χ1n) is 6.27. The quantitative estimate of drug-likeness (QED) is 0.784. The van der Waals surface area contributed by atoms with Gasteiger partial charge in [-0.1, -0.05) is 30.9 Å². The van der Waals surface area contributed by atoms with E-state index >= 15 is 0 Å². The summed E-state index contributed by atoms with van der Waals surface area (Å²) >= 11 is 0. The number of hydrogen-bond acceptors (Lipinski definition) is 3. The van der Waals surface area contributed by atoms with Gasteiger partial charge in [0.15, 0.2) is 0 Å². The number of aryl methyl sites for hydroxylation is 1. The van der Waals surface area contributed by atoms with Crippen LogP contribution in [0.25, 0.3) is 0 Å². The maximum Gasteiger partial charge on any atom is 0.407 e. The van der Waals surface area contributed by atoms with Gasteiger partial charge in [-0.05, 0) is 30.5 Å². The van der Waals surface area contributed by atoms with Crippen molar-refractivity contribution in [1.29, 1.82) is 0 Å². The number of ether oxygens (including phenoxy) is 1. The molecule has 108 valence electrons. The highest BCUT2D eigenvalue weighted by atomic mass is 16.5. The lowest BCUT2D eigenvalue weighted by atomic mass is 9.95. The van der Waals surface area contributed by atoms with Gasteiger partial charge >= 0.3 is 12.1 Å². The third-order valence-electron chi connectivity index (χ3n) is 3.03. The van der Waals surface area contributed by atoms with Crippen molar-refractivity contribution >= 4 is 12.1 Å². The average Bonchev–Trinajstić information content (AvgIpc) is 2.38. The minimum atomic E-state index is -0.986. The summed E-state index contributed by atoms with van der Waals surface area (Å²) in [5.41, 5.74) is 2.78. The molecular weight excluding hydrogens is 258 g/mol. The molecule has 2 N–H and O–H groups in total. The molecular formula is C15H19NO4. The van der Waals surface area contributed by atoms with Gasteiger partial charge in [-0.15, -0.1) is 0 Å². The zero-order valence-electron chi connectivity index (χ0n) is 11.7. The maximum absolute atomic E-state index is 11.6. The third kappa shape index (κ3) is 4.42. The lowest BCUT2D eigenvalue weighted by Gasteiger charge is -2.20. The summed E-state index contributed by atoms with van der Waals surface area (Å²) < 4.78 is 4.83. The Morgan fingerprint density at radius 3 is 2.75 bits per heavy atom. The maximum atomic E-state index is 11.6. The molecule has 0 bridgehead atoms. The summed E-state index contributed by atoms with van der Waals surface area (Å²) in [4.78, 5) is 22.6. The number of amides is 1. The van der Waals surface area contributed by atoms with Gasteiger partial charge in [0.2, 0.25) is 0 Å². The first-order valence-corrected chi connectivity index (χ1v) is 6.27. The van der Waals surface area contributed by atoms with E-state index in [1.807, 2.05) is 32.0 Å². The Labute approximate surface area is 118 Å². The van der Waals surface area contributed by atoms with Crippen LogP contribution in [0.1, 0.15) is 29.2 Å². The topological polar surface area (TPSA) is 75.6 Å². The molecule has 0 spiro atoms. The second-order valence-electron chi connectivity index (χ2n) is 4.47. The Bertz CT molecular complexity index is 511. The fourth-order valence-electron chi connectivity index (χ4n) is 1.88. The molecule has 1 amide bonds. The molecule has 1 aromatic carbocycles. The standard InChI is InChI=1S/C15H19NO4/c1-4-8-20-15(19)16-13(9-14(17)18)12-7-5-6-10(2)11(12)3/h4-7,13H,1,8-9H2,2-3H3,(H,16,19)(H,17,18)/t13-/m0/s1. The summed E-state index contributed by atoms with van der Waals surface area (Å²) in [5, 5.41) is 11.6. The Kier molecular flexibility index (Phi) is 5.77. The van der Waals surface area contributed by atoms with Crippen molar-refractivity contribution < 1.29 is 19.4 Å². The molecule has 0 aromatic heterocycles. The number of rotatable bonds is 6. The molecule has 1 aromatic rings. The molecule has 1 atom stereocenters. The minimum Gasteiger partial charge on any atom is -0.481 e. The molecule has 0 fully saturated rings. The fourth-order valence-corrected chi connectivity index (χ4v) is 1.88. The molecule has 1 rings (SSSR count). The van der Waals surface area contributed by atoms with Crippen LogP contribution in [0.4, 0.5) is 4.79 Å². The van der Waals surface area contributed by atoms with E-state index < -0.39 is 18.1 Å². The second kappa shape index (κ2) is 7.33. The first kappa shape index (κ1) is 15.8. The van der Waals surface area contributed by atoms with Gasteiger partial charge in [-0.2, -0.15) is 0 Å². The molecule has 0 aliphatic rings. The molecule has 0 saturated heterocycles. The normalized spacial score (nSPS) is 11.5. The monoisotopic (exact) mass is 277 g/mol. The van der Waals surface area contributed by atoms with Crippen molar-refractivity contribution in [3.05, 3.63) is 47.5 Å². The van der Waals surface area contributed by atoms with E-state index in [2.05, 4.69) is 11.9 Å². The van der Waals surface area contributed by atoms with Gasteiger partial charge in [0.25, 0.3) is 0 Å². The number of alkyl carbamates (subject to hydrolysis) is 1. The zero-order chi connectivity index (χ0) is 15.1. The summed E-state index contributed by atoms with van der Waals surface area (Å²) in [5.74, 6) is -0.986. The van der Waals surface area contributed by atoms with Crippen molar-refractivity contribution in [2.75, 3.05) is 6.61 Å². The number of benzene rings is 1. The van der Waals surface area contributed by atoms with Crippen LogP contribution in [0.5, 0.6) is 0 Å². The molecule has 5 nitrogen and oxygen atoms in total. The van der Waals surface area contributed by atoms with E-state index in [-0.39, 0.29) is 13.0 Å². The SMILES string of the molecule is C=CCOC(=O)N[C@@H](CC(=O)O)c1cccc(C)c1C. The Morgan fingerprint density at radius 2 is 2.15 bits per heavy atom. The van der Waals surface area contributed by atoms with Gasteiger partial charge in [0.05, 0.1) is 12.5 Å². The predicted octanol–water partition coefficient (Wildman–Crippen LogP) is 2.73. The van der Waals surface area contributed by atoms with Gasteiger partial charge in [0.1, 0.15) is 6.61 Å². The molecule has 0 radical (unpaired) electrons. The Hall–Kier alpha value is -2.30. The summed E-state index contributed by atoms with van der Waals surface area (Å²) in [6.45, 7) is 7.36. The molecule has 0 heterocycles. The van der Waals surface area contributed by atoms with Gasteiger partial charge in [-0.25, -0.2) is 4.79 Å². The number of carbonyl (C=O) groups excluding carboxylic acids is 1.